The Balaban J connectivity index is 1.59. The zero-order valence-corrected chi connectivity index (χ0v) is 13.9. The molecule has 0 fully saturated rings. The quantitative estimate of drug-likeness (QED) is 0.569. The number of nitrogens with one attached hydrogen (secondary N) is 1. The fourth-order valence-electron chi connectivity index (χ4n) is 2.19. The Morgan fingerprint density at radius 1 is 1.19 bits per heavy atom. The standard InChI is InChI=1S/C15H16N8O3/c1-11-6-15(26)21(10-18-11)7-13(24)17-4-5-22-14(25)3-2-12(20-22)23-9-16-8-19-23/h2-3,6,8-10H,4-5,7H2,1H3,(H,17,24). The van der Waals surface area contributed by atoms with Gasteiger partial charge in [0.25, 0.3) is 11.1 Å². The maximum Gasteiger partial charge on any atom is 0.266 e. The van der Waals surface area contributed by atoms with E-state index in [0.29, 0.717) is 11.5 Å². The van der Waals surface area contributed by atoms with Gasteiger partial charge >= 0.3 is 0 Å². The number of rotatable bonds is 6. The van der Waals surface area contributed by atoms with Crippen molar-refractivity contribution in [2.75, 3.05) is 6.54 Å². The van der Waals surface area contributed by atoms with E-state index in [1.165, 1.54) is 51.1 Å². The number of aryl methyl sites for hydroxylation is 1. The molecule has 0 bridgehead atoms. The Kier molecular flexibility index (Phi) is 4.97. The zero-order chi connectivity index (χ0) is 18.5. The third-order valence-electron chi connectivity index (χ3n) is 3.48. The Hall–Kier alpha value is -3.63. The summed E-state index contributed by atoms with van der Waals surface area (Å²) in [6.07, 6.45) is 4.15. The van der Waals surface area contributed by atoms with E-state index in [9.17, 15) is 14.4 Å². The molecular weight excluding hydrogens is 340 g/mol. The van der Waals surface area contributed by atoms with Crippen LogP contribution < -0.4 is 16.4 Å². The van der Waals surface area contributed by atoms with Crippen LogP contribution in [0, 0.1) is 6.92 Å². The molecule has 0 saturated heterocycles. The van der Waals surface area contributed by atoms with Gasteiger partial charge in [0.1, 0.15) is 19.2 Å². The lowest BCUT2D eigenvalue weighted by molar-refractivity contribution is -0.121. The van der Waals surface area contributed by atoms with E-state index in [4.69, 9.17) is 0 Å². The molecule has 0 aliphatic rings. The molecule has 11 heteroatoms. The highest BCUT2D eigenvalue weighted by atomic mass is 16.2. The SMILES string of the molecule is Cc1cc(=O)n(CC(=O)NCCn2nc(-n3cncn3)ccc2=O)cn1. The lowest BCUT2D eigenvalue weighted by atomic mass is 10.4. The summed E-state index contributed by atoms with van der Waals surface area (Å²) in [6.45, 7) is 1.91. The molecule has 11 nitrogen and oxygen atoms in total. The molecule has 0 aliphatic heterocycles. The lowest BCUT2D eigenvalue weighted by Crippen LogP contribution is -2.36. The first kappa shape index (κ1) is 17.2. The molecule has 0 saturated carbocycles. The highest BCUT2D eigenvalue weighted by molar-refractivity contribution is 5.75. The van der Waals surface area contributed by atoms with Crippen LogP contribution in [0.5, 0.6) is 0 Å². The summed E-state index contributed by atoms with van der Waals surface area (Å²) in [5.41, 5.74) is -0.0162. The topological polar surface area (TPSA) is 130 Å². The number of amides is 1. The third-order valence-corrected chi connectivity index (χ3v) is 3.48. The van der Waals surface area contributed by atoms with Gasteiger partial charge in [0.05, 0.1) is 12.9 Å². The van der Waals surface area contributed by atoms with Crippen LogP contribution >= 0.6 is 0 Å². The van der Waals surface area contributed by atoms with Crippen molar-refractivity contribution < 1.29 is 4.79 Å². The number of hydrogen-bond donors (Lipinski definition) is 1. The minimum absolute atomic E-state index is 0.145. The van der Waals surface area contributed by atoms with Crippen LogP contribution in [0.3, 0.4) is 0 Å². The van der Waals surface area contributed by atoms with Gasteiger partial charge in [0.15, 0.2) is 5.82 Å². The van der Waals surface area contributed by atoms with Crippen LogP contribution in [0.1, 0.15) is 5.69 Å². The van der Waals surface area contributed by atoms with Crippen LogP contribution in [0.4, 0.5) is 0 Å². The number of carbonyl (C=O) groups is 1. The Morgan fingerprint density at radius 2 is 2.04 bits per heavy atom. The maximum absolute atomic E-state index is 11.9. The van der Waals surface area contributed by atoms with Gasteiger partial charge in [-0.25, -0.2) is 19.3 Å². The van der Waals surface area contributed by atoms with Gasteiger partial charge in [-0.2, -0.15) is 5.10 Å². The molecule has 0 radical (unpaired) electrons. The Morgan fingerprint density at radius 3 is 2.77 bits per heavy atom. The molecule has 0 aromatic carbocycles. The first-order valence-corrected chi connectivity index (χ1v) is 7.76. The molecule has 3 aromatic rings. The van der Waals surface area contributed by atoms with Crippen LogP contribution in [0.25, 0.3) is 5.82 Å². The minimum atomic E-state index is -0.363. The van der Waals surface area contributed by atoms with Crippen LogP contribution in [-0.4, -0.2) is 46.5 Å². The first-order chi connectivity index (χ1) is 12.5. The van der Waals surface area contributed by atoms with Crippen LogP contribution in [-0.2, 0) is 17.9 Å². The fraction of sp³-hybridized carbons (Fsp3) is 0.267. The van der Waals surface area contributed by atoms with Gasteiger partial charge in [-0.1, -0.05) is 0 Å². The molecular formula is C15H16N8O3. The van der Waals surface area contributed by atoms with E-state index in [1.807, 2.05) is 0 Å². The molecule has 26 heavy (non-hydrogen) atoms. The second-order valence-electron chi connectivity index (χ2n) is 5.44. The number of nitrogens with zero attached hydrogens (tertiary/aromatic N) is 7. The number of aromatic nitrogens is 7. The van der Waals surface area contributed by atoms with Gasteiger partial charge in [0, 0.05) is 24.4 Å². The van der Waals surface area contributed by atoms with Crippen molar-refractivity contribution >= 4 is 5.91 Å². The fourth-order valence-corrected chi connectivity index (χ4v) is 2.19. The second-order valence-corrected chi connectivity index (χ2v) is 5.44. The second kappa shape index (κ2) is 7.51. The van der Waals surface area contributed by atoms with E-state index < -0.39 is 0 Å². The van der Waals surface area contributed by atoms with E-state index >= 15 is 0 Å². The van der Waals surface area contributed by atoms with Crippen molar-refractivity contribution in [2.45, 2.75) is 20.0 Å². The van der Waals surface area contributed by atoms with Gasteiger partial charge in [-0.3, -0.25) is 19.0 Å². The highest BCUT2D eigenvalue weighted by Gasteiger charge is 2.07. The maximum atomic E-state index is 11.9. The Bertz CT molecular complexity index is 1020. The molecule has 3 heterocycles. The average Bonchev–Trinajstić information content (AvgIpc) is 3.14. The molecule has 1 N–H and O–H groups in total. The summed E-state index contributed by atoms with van der Waals surface area (Å²) in [6, 6.07) is 4.25. The summed E-state index contributed by atoms with van der Waals surface area (Å²) >= 11 is 0. The molecule has 134 valence electrons. The van der Waals surface area contributed by atoms with E-state index in [2.05, 4.69) is 25.5 Å². The molecule has 1 amide bonds. The van der Waals surface area contributed by atoms with Gasteiger partial charge < -0.3 is 5.32 Å². The first-order valence-electron chi connectivity index (χ1n) is 7.76. The Labute approximate surface area is 146 Å². The van der Waals surface area contributed by atoms with Gasteiger partial charge in [0.2, 0.25) is 5.91 Å². The largest absolute Gasteiger partial charge is 0.353 e. The van der Waals surface area contributed by atoms with Crippen molar-refractivity contribution in [1.82, 2.24) is 39.4 Å². The van der Waals surface area contributed by atoms with Crippen molar-refractivity contribution in [2.24, 2.45) is 0 Å². The van der Waals surface area contributed by atoms with Gasteiger partial charge in [-0.15, -0.1) is 5.10 Å². The van der Waals surface area contributed by atoms with E-state index in [0.717, 1.165) is 0 Å². The molecule has 0 unspecified atom stereocenters. The van der Waals surface area contributed by atoms with Crippen molar-refractivity contribution in [1.29, 1.82) is 0 Å². The number of hydrogen-bond acceptors (Lipinski definition) is 7. The van der Waals surface area contributed by atoms with Crippen LogP contribution in [0.2, 0.25) is 0 Å². The smallest absolute Gasteiger partial charge is 0.266 e. The summed E-state index contributed by atoms with van der Waals surface area (Å²) in [5, 5.41) is 10.8. The van der Waals surface area contributed by atoms with E-state index in [-0.39, 0.29) is 36.7 Å². The van der Waals surface area contributed by atoms with E-state index in [1.54, 1.807) is 6.92 Å². The third kappa shape index (κ3) is 4.06. The van der Waals surface area contributed by atoms with Crippen molar-refractivity contribution in [3.05, 3.63) is 63.6 Å². The number of carbonyl (C=O) groups excluding carboxylic acids is 1. The predicted molar refractivity (Wildman–Crippen MR) is 89.7 cm³/mol. The molecule has 3 rings (SSSR count). The minimum Gasteiger partial charge on any atom is -0.353 e. The molecule has 0 aliphatic carbocycles. The van der Waals surface area contributed by atoms with Crippen molar-refractivity contribution in [3.8, 4) is 5.82 Å². The van der Waals surface area contributed by atoms with Gasteiger partial charge in [-0.05, 0) is 13.0 Å². The summed E-state index contributed by atoms with van der Waals surface area (Å²) < 4.78 is 3.85. The summed E-state index contributed by atoms with van der Waals surface area (Å²) in [5.74, 6) is 0.0731. The molecule has 0 spiro atoms. The summed E-state index contributed by atoms with van der Waals surface area (Å²) in [4.78, 5) is 43.4. The zero-order valence-electron chi connectivity index (χ0n) is 13.9. The monoisotopic (exact) mass is 356 g/mol. The normalized spacial score (nSPS) is 10.7. The average molecular weight is 356 g/mol. The highest BCUT2D eigenvalue weighted by Crippen LogP contribution is 1.96. The van der Waals surface area contributed by atoms with Crippen LogP contribution in [0.15, 0.2) is 46.8 Å². The molecule has 3 aromatic heterocycles. The lowest BCUT2D eigenvalue weighted by Gasteiger charge is -2.09. The predicted octanol–water partition coefficient (Wildman–Crippen LogP) is -1.49. The summed E-state index contributed by atoms with van der Waals surface area (Å²) in [7, 11) is 0. The molecule has 0 atom stereocenters. The van der Waals surface area contributed by atoms with Crippen molar-refractivity contribution in [3.63, 3.8) is 0 Å².